The van der Waals surface area contributed by atoms with Gasteiger partial charge < -0.3 is 20.1 Å². The second-order valence-corrected chi connectivity index (χ2v) is 9.42. The van der Waals surface area contributed by atoms with Gasteiger partial charge in [-0.1, -0.05) is 24.3 Å². The molecule has 7 nitrogen and oxygen atoms in total. The first kappa shape index (κ1) is 20.5. The van der Waals surface area contributed by atoms with Gasteiger partial charge in [0.15, 0.2) is 0 Å². The topological polar surface area (TPSA) is 83.4 Å². The number of hydrogen-bond donors (Lipinski definition) is 2. The highest BCUT2D eigenvalue weighted by molar-refractivity contribution is 7.10. The molecule has 32 heavy (non-hydrogen) atoms. The fourth-order valence-electron chi connectivity index (χ4n) is 4.72. The molecular formula is C24H24N4O3S. The zero-order valence-corrected chi connectivity index (χ0v) is 18.3. The van der Waals surface area contributed by atoms with Crippen molar-refractivity contribution in [2.45, 2.75) is 25.3 Å². The molecule has 0 saturated carbocycles. The third kappa shape index (κ3) is 4.18. The highest BCUT2D eigenvalue weighted by Gasteiger charge is 2.36. The molecule has 2 bridgehead atoms. The summed E-state index contributed by atoms with van der Waals surface area (Å²) in [6, 6.07) is 16.2. The Morgan fingerprint density at radius 1 is 0.969 bits per heavy atom. The van der Waals surface area contributed by atoms with Crippen LogP contribution in [0.15, 0.2) is 64.8 Å². The molecule has 4 heterocycles. The fraction of sp³-hybridized carbons (Fsp3) is 0.292. The molecule has 2 aliphatic heterocycles. The number of hydrogen-bond acceptors (Lipinski definition) is 4. The highest BCUT2D eigenvalue weighted by atomic mass is 32.1. The number of nitrogens with zero attached hydrogens (tertiary/aromatic N) is 2. The van der Waals surface area contributed by atoms with Gasteiger partial charge in [-0.15, -0.1) is 11.3 Å². The lowest BCUT2D eigenvalue weighted by Gasteiger charge is -2.43. The Labute approximate surface area is 189 Å². The first-order chi connectivity index (χ1) is 15.6. The second kappa shape index (κ2) is 8.63. The number of nitrogens with one attached hydrogen (secondary N) is 2. The third-order valence-electron chi connectivity index (χ3n) is 6.14. The lowest BCUT2D eigenvalue weighted by atomic mass is 9.83. The minimum Gasteiger partial charge on any atom is -0.341 e. The Kier molecular flexibility index (Phi) is 5.53. The maximum atomic E-state index is 13.1. The van der Waals surface area contributed by atoms with E-state index in [1.807, 2.05) is 46.7 Å². The molecule has 2 aromatic heterocycles. The number of anilines is 2. The van der Waals surface area contributed by atoms with Crippen LogP contribution in [0.5, 0.6) is 0 Å². The molecule has 0 spiro atoms. The number of aromatic nitrogens is 1. The number of pyridine rings is 1. The van der Waals surface area contributed by atoms with Crippen molar-refractivity contribution in [3.8, 4) is 0 Å². The van der Waals surface area contributed by atoms with Crippen LogP contribution in [-0.2, 0) is 17.8 Å². The SMILES string of the molecule is O=C(Nc1ccccc1)Nc1ccc2n(c1=O)C[C@H]1C[C@@H]2CN(C(=O)Cc2cccs2)C1. The van der Waals surface area contributed by atoms with Crippen LogP contribution in [0.25, 0.3) is 0 Å². The Balaban J connectivity index is 1.30. The lowest BCUT2D eigenvalue weighted by molar-refractivity contribution is -0.133. The maximum absolute atomic E-state index is 13.1. The van der Waals surface area contributed by atoms with E-state index in [2.05, 4.69) is 10.6 Å². The van der Waals surface area contributed by atoms with Crippen LogP contribution < -0.4 is 16.2 Å². The molecule has 2 aliphatic rings. The smallest absolute Gasteiger partial charge is 0.323 e. The van der Waals surface area contributed by atoms with Crippen molar-refractivity contribution in [3.05, 3.63) is 80.9 Å². The second-order valence-electron chi connectivity index (χ2n) is 8.39. The van der Waals surface area contributed by atoms with E-state index in [-0.39, 0.29) is 29.0 Å². The van der Waals surface area contributed by atoms with Gasteiger partial charge in [-0.25, -0.2) is 4.79 Å². The Morgan fingerprint density at radius 3 is 2.59 bits per heavy atom. The van der Waals surface area contributed by atoms with Crippen molar-refractivity contribution in [1.82, 2.24) is 9.47 Å². The number of likely N-dealkylation sites (tertiary alicyclic amines) is 1. The molecule has 2 atom stereocenters. The van der Waals surface area contributed by atoms with Crippen LogP contribution in [0, 0.1) is 5.92 Å². The van der Waals surface area contributed by atoms with Gasteiger partial charge in [0.25, 0.3) is 5.56 Å². The molecular weight excluding hydrogens is 424 g/mol. The van der Waals surface area contributed by atoms with Gasteiger partial charge in [-0.3, -0.25) is 9.59 Å². The molecule has 0 unspecified atom stereocenters. The average Bonchev–Trinajstić information content (AvgIpc) is 3.29. The van der Waals surface area contributed by atoms with E-state index >= 15 is 0 Å². The van der Waals surface area contributed by atoms with Gasteiger partial charge in [0, 0.05) is 41.8 Å². The Bertz CT molecular complexity index is 1190. The number of para-hydroxylation sites is 1. The summed E-state index contributed by atoms with van der Waals surface area (Å²) in [4.78, 5) is 41.3. The van der Waals surface area contributed by atoms with Gasteiger partial charge in [-0.05, 0) is 48.1 Å². The van der Waals surface area contributed by atoms with Gasteiger partial charge >= 0.3 is 6.03 Å². The van der Waals surface area contributed by atoms with E-state index in [9.17, 15) is 14.4 Å². The number of carbonyl (C=O) groups is 2. The van der Waals surface area contributed by atoms with Crippen molar-refractivity contribution in [3.63, 3.8) is 0 Å². The van der Waals surface area contributed by atoms with Crippen LogP contribution in [0.1, 0.15) is 22.9 Å². The quantitative estimate of drug-likeness (QED) is 0.638. The summed E-state index contributed by atoms with van der Waals surface area (Å²) >= 11 is 1.60. The lowest BCUT2D eigenvalue weighted by Crippen LogP contribution is -2.49. The number of thiophene rings is 1. The molecule has 5 rings (SSSR count). The number of benzene rings is 1. The third-order valence-corrected chi connectivity index (χ3v) is 7.02. The monoisotopic (exact) mass is 448 g/mol. The molecule has 2 N–H and O–H groups in total. The molecule has 3 aromatic rings. The van der Waals surface area contributed by atoms with E-state index in [0.717, 1.165) is 17.0 Å². The number of carbonyl (C=O) groups excluding carboxylic acids is 2. The van der Waals surface area contributed by atoms with Gasteiger partial charge in [0.2, 0.25) is 5.91 Å². The van der Waals surface area contributed by atoms with Crippen LogP contribution in [-0.4, -0.2) is 34.5 Å². The maximum Gasteiger partial charge on any atom is 0.323 e. The summed E-state index contributed by atoms with van der Waals surface area (Å²) in [6.07, 6.45) is 1.41. The van der Waals surface area contributed by atoms with Crippen LogP contribution >= 0.6 is 11.3 Å². The number of rotatable bonds is 4. The molecule has 0 aliphatic carbocycles. The molecule has 8 heteroatoms. The minimum atomic E-state index is -0.449. The van der Waals surface area contributed by atoms with Crippen molar-refractivity contribution < 1.29 is 9.59 Å². The van der Waals surface area contributed by atoms with Gasteiger partial charge in [0.05, 0.1) is 6.42 Å². The number of amides is 3. The van der Waals surface area contributed by atoms with Crippen molar-refractivity contribution in [2.75, 3.05) is 23.7 Å². The predicted octanol–water partition coefficient (Wildman–Crippen LogP) is 3.74. The number of urea groups is 1. The first-order valence-corrected chi connectivity index (χ1v) is 11.6. The number of fused-ring (bicyclic) bond motifs is 4. The van der Waals surface area contributed by atoms with Gasteiger partial charge in [-0.2, -0.15) is 0 Å². The summed E-state index contributed by atoms with van der Waals surface area (Å²) in [5, 5.41) is 7.40. The molecule has 3 amide bonds. The zero-order chi connectivity index (χ0) is 22.1. The standard InChI is InChI=1S/C24H24N4O3S/c29-22(12-19-7-4-10-32-19)27-13-16-11-17(15-27)21-9-8-20(23(30)28(21)14-16)26-24(31)25-18-5-2-1-3-6-18/h1-10,16-17H,11-15H2,(H2,25,26,31)/t16-,17+/m0/s1. The zero-order valence-electron chi connectivity index (χ0n) is 17.5. The predicted molar refractivity (Wildman–Crippen MR) is 125 cm³/mol. The van der Waals surface area contributed by atoms with Crippen LogP contribution in [0.3, 0.4) is 0 Å². The first-order valence-electron chi connectivity index (χ1n) is 10.7. The molecule has 1 saturated heterocycles. The molecule has 0 radical (unpaired) electrons. The van der Waals surface area contributed by atoms with E-state index in [1.165, 1.54) is 0 Å². The van der Waals surface area contributed by atoms with Crippen molar-refractivity contribution in [2.24, 2.45) is 5.92 Å². The van der Waals surface area contributed by atoms with Gasteiger partial charge in [0.1, 0.15) is 5.69 Å². The highest BCUT2D eigenvalue weighted by Crippen LogP contribution is 2.35. The Hall–Kier alpha value is -3.39. The van der Waals surface area contributed by atoms with Crippen LogP contribution in [0.2, 0.25) is 0 Å². The largest absolute Gasteiger partial charge is 0.341 e. The Morgan fingerprint density at radius 2 is 1.81 bits per heavy atom. The number of piperidine rings is 1. The summed E-state index contributed by atoms with van der Waals surface area (Å²) in [5.41, 5.74) is 1.66. The molecule has 164 valence electrons. The minimum absolute atomic E-state index is 0.134. The van der Waals surface area contributed by atoms with E-state index < -0.39 is 6.03 Å². The summed E-state index contributed by atoms with van der Waals surface area (Å²) in [6.45, 7) is 1.85. The normalized spacial score (nSPS) is 19.2. The summed E-state index contributed by atoms with van der Waals surface area (Å²) in [7, 11) is 0. The summed E-state index contributed by atoms with van der Waals surface area (Å²) in [5.74, 6) is 0.517. The summed E-state index contributed by atoms with van der Waals surface area (Å²) < 4.78 is 1.78. The van der Waals surface area contributed by atoms with Crippen LogP contribution in [0.4, 0.5) is 16.2 Å². The average molecular weight is 449 g/mol. The fourth-order valence-corrected chi connectivity index (χ4v) is 5.42. The molecule has 1 fully saturated rings. The van der Waals surface area contributed by atoms with Crippen molar-refractivity contribution >= 4 is 34.6 Å². The van der Waals surface area contributed by atoms with E-state index in [0.29, 0.717) is 31.7 Å². The van der Waals surface area contributed by atoms with E-state index in [4.69, 9.17) is 0 Å². The van der Waals surface area contributed by atoms with Crippen molar-refractivity contribution in [1.29, 1.82) is 0 Å². The van der Waals surface area contributed by atoms with E-state index in [1.54, 1.807) is 34.1 Å². The molecule has 1 aromatic carbocycles.